The Morgan fingerprint density at radius 2 is 1.58 bits per heavy atom. The highest BCUT2D eigenvalue weighted by Crippen LogP contribution is 2.58. The van der Waals surface area contributed by atoms with Crippen molar-refractivity contribution in [2.75, 3.05) is 20.3 Å². The van der Waals surface area contributed by atoms with Crippen molar-refractivity contribution in [1.29, 1.82) is 0 Å². The monoisotopic (exact) mass is 748 g/mol. The normalized spacial score (nSPS) is 15.4. The van der Waals surface area contributed by atoms with Crippen LogP contribution in [0.3, 0.4) is 0 Å². The zero-order chi connectivity index (χ0) is 34.9. The van der Waals surface area contributed by atoms with Crippen molar-refractivity contribution in [1.82, 2.24) is 9.55 Å². The number of methoxy groups -OCH3 is 1. The van der Waals surface area contributed by atoms with E-state index >= 15 is 0 Å². The highest BCUT2D eigenvalue weighted by Gasteiger charge is 2.51. The largest absolute Gasteiger partial charge is 0.493 e. The molecule has 260 valence electrons. The van der Waals surface area contributed by atoms with Crippen molar-refractivity contribution >= 4 is 57.1 Å². The SMILES string of the molecule is COc1cc(-n2cnc3cc(-c4ccc(Cl)cc4)sc3c2=O)ccc1OC(C)(OP(=O)(OCC[Si](C)(C)C)OCC[Si](C)(C)C)C1CC1. The summed E-state index contributed by atoms with van der Waals surface area (Å²) in [7, 11) is -5.36. The fraction of sp³-hybridized carbons (Fsp3) is 0.471. The van der Waals surface area contributed by atoms with E-state index in [9.17, 15) is 9.36 Å². The number of halogens is 1. The highest BCUT2D eigenvalue weighted by molar-refractivity contribution is 7.48. The Labute approximate surface area is 294 Å². The summed E-state index contributed by atoms with van der Waals surface area (Å²) < 4.78 is 46.7. The van der Waals surface area contributed by atoms with Gasteiger partial charge in [-0.15, -0.1) is 11.3 Å². The predicted octanol–water partition coefficient (Wildman–Crippen LogP) is 10.1. The van der Waals surface area contributed by atoms with Crippen LogP contribution in [0.4, 0.5) is 0 Å². The summed E-state index contributed by atoms with van der Waals surface area (Å²) in [6, 6.07) is 16.3. The standard InChI is InChI=1S/C34H46ClN2O7PSSi2/c1-34(25-11-12-25,44-45(39,41-17-19-47(3,4)5)42-18-20-48(6,7)8)43-29-16-15-27(21-30(29)40-2)37-23-36-28-22-31(46-32(28)33(37)38)24-9-13-26(35)14-10-24/h9-10,13-16,21-23,25H,11-12,17-20H2,1-8H3. The topological polar surface area (TPSA) is 98.1 Å². The molecule has 1 saturated carbocycles. The van der Waals surface area contributed by atoms with Crippen LogP contribution in [-0.4, -0.2) is 51.8 Å². The Morgan fingerprint density at radius 1 is 0.958 bits per heavy atom. The molecule has 0 spiro atoms. The minimum absolute atomic E-state index is 0.0146. The minimum Gasteiger partial charge on any atom is -0.493 e. The van der Waals surface area contributed by atoms with Crippen LogP contribution in [0, 0.1) is 5.92 Å². The Kier molecular flexibility index (Phi) is 11.2. The smallest absolute Gasteiger partial charge is 0.478 e. The Bertz CT molecular complexity index is 1830. The maximum absolute atomic E-state index is 14.2. The fourth-order valence-electron chi connectivity index (χ4n) is 4.98. The molecule has 1 aliphatic rings. The van der Waals surface area contributed by atoms with Crippen LogP contribution in [0.2, 0.25) is 56.4 Å². The number of thiophene rings is 1. The average Bonchev–Trinajstić information content (AvgIpc) is 3.77. The van der Waals surface area contributed by atoms with Crippen molar-refractivity contribution in [3.8, 4) is 27.6 Å². The van der Waals surface area contributed by atoms with Gasteiger partial charge in [0.25, 0.3) is 5.56 Å². The molecule has 0 amide bonds. The summed E-state index contributed by atoms with van der Waals surface area (Å²) in [5, 5.41) is 0.649. The molecule has 0 aliphatic heterocycles. The zero-order valence-corrected chi connectivity index (χ0v) is 33.5. The average molecular weight is 749 g/mol. The molecule has 1 atom stereocenters. The number of nitrogens with zero attached hydrogens (tertiary/aromatic N) is 2. The third-order valence-electron chi connectivity index (χ3n) is 8.12. The van der Waals surface area contributed by atoms with Gasteiger partial charge in [-0.25, -0.2) is 14.1 Å². The molecular weight excluding hydrogens is 703 g/mol. The number of aromatic nitrogens is 2. The fourth-order valence-corrected chi connectivity index (χ4v) is 9.37. The van der Waals surface area contributed by atoms with E-state index in [1.165, 1.54) is 29.3 Å². The number of rotatable bonds is 16. The van der Waals surface area contributed by atoms with Gasteiger partial charge >= 0.3 is 7.82 Å². The van der Waals surface area contributed by atoms with E-state index < -0.39 is 29.8 Å². The number of hydrogen-bond acceptors (Lipinski definition) is 9. The second-order valence-corrected chi connectivity index (χ2v) is 29.1. The van der Waals surface area contributed by atoms with Crippen molar-refractivity contribution in [3.05, 3.63) is 70.2 Å². The zero-order valence-electron chi connectivity index (χ0n) is 29.0. The van der Waals surface area contributed by atoms with Crippen molar-refractivity contribution in [2.24, 2.45) is 5.92 Å². The van der Waals surface area contributed by atoms with E-state index in [0.29, 0.717) is 32.4 Å². The summed E-state index contributed by atoms with van der Waals surface area (Å²) in [4.78, 5) is 19.2. The number of phosphoric ester groups is 1. The van der Waals surface area contributed by atoms with E-state index in [2.05, 4.69) is 44.3 Å². The first-order valence-electron chi connectivity index (χ1n) is 16.2. The quantitative estimate of drug-likeness (QED) is 0.0635. The molecule has 2 aromatic heterocycles. The lowest BCUT2D eigenvalue weighted by molar-refractivity contribution is -0.135. The molecule has 14 heteroatoms. The Balaban J connectivity index is 1.40. The molecule has 9 nitrogen and oxygen atoms in total. The lowest BCUT2D eigenvalue weighted by atomic mass is 10.2. The van der Waals surface area contributed by atoms with Crippen LogP contribution in [0.1, 0.15) is 19.8 Å². The molecule has 0 saturated heterocycles. The van der Waals surface area contributed by atoms with Crippen LogP contribution >= 0.6 is 30.8 Å². The summed E-state index contributed by atoms with van der Waals surface area (Å²) >= 11 is 7.45. The maximum Gasteiger partial charge on any atom is 0.478 e. The van der Waals surface area contributed by atoms with Gasteiger partial charge < -0.3 is 9.47 Å². The van der Waals surface area contributed by atoms with Gasteiger partial charge in [0, 0.05) is 45.0 Å². The first-order chi connectivity index (χ1) is 22.5. The summed E-state index contributed by atoms with van der Waals surface area (Å²) in [5.41, 5.74) is 1.95. The molecule has 2 heterocycles. The number of benzene rings is 2. The van der Waals surface area contributed by atoms with E-state index in [0.717, 1.165) is 35.4 Å². The number of phosphoric acid groups is 1. The van der Waals surface area contributed by atoms with Gasteiger partial charge in [-0.05, 0) is 60.8 Å². The Hall–Kier alpha value is -2.29. The third-order valence-corrected chi connectivity index (χ3v) is 14.5. The molecule has 0 bridgehead atoms. The molecule has 0 radical (unpaired) electrons. The molecule has 2 aromatic carbocycles. The summed E-state index contributed by atoms with van der Waals surface area (Å²) in [5.74, 6) is -0.541. The first-order valence-corrected chi connectivity index (χ1v) is 26.3. The van der Waals surface area contributed by atoms with Gasteiger partial charge in [0.1, 0.15) is 11.0 Å². The van der Waals surface area contributed by atoms with Gasteiger partial charge in [0.05, 0.1) is 31.5 Å². The van der Waals surface area contributed by atoms with Gasteiger partial charge in [0.2, 0.25) is 5.79 Å². The van der Waals surface area contributed by atoms with Crippen LogP contribution in [0.25, 0.3) is 26.3 Å². The molecule has 5 rings (SSSR count). The summed E-state index contributed by atoms with van der Waals surface area (Å²) in [6.45, 7) is 15.8. The number of ether oxygens (including phenoxy) is 2. The van der Waals surface area contributed by atoms with Crippen LogP contribution in [0.5, 0.6) is 11.5 Å². The van der Waals surface area contributed by atoms with Crippen LogP contribution in [0.15, 0.2) is 59.7 Å². The number of hydrogen-bond donors (Lipinski definition) is 0. The lowest BCUT2D eigenvalue weighted by Crippen LogP contribution is -2.38. The van der Waals surface area contributed by atoms with Crippen LogP contribution in [-0.2, 0) is 18.1 Å². The van der Waals surface area contributed by atoms with Crippen LogP contribution < -0.4 is 15.0 Å². The van der Waals surface area contributed by atoms with Crippen molar-refractivity contribution in [2.45, 2.75) is 76.9 Å². The second kappa shape index (κ2) is 14.5. The molecule has 1 unspecified atom stereocenters. The van der Waals surface area contributed by atoms with E-state index in [1.54, 1.807) is 25.1 Å². The van der Waals surface area contributed by atoms with Gasteiger partial charge in [0.15, 0.2) is 11.5 Å². The van der Waals surface area contributed by atoms with Gasteiger partial charge in [-0.1, -0.05) is 63.0 Å². The minimum atomic E-state index is -3.98. The third kappa shape index (κ3) is 9.48. The molecule has 0 N–H and O–H groups in total. The maximum atomic E-state index is 14.2. The van der Waals surface area contributed by atoms with Gasteiger partial charge in [-0.2, -0.15) is 0 Å². The van der Waals surface area contributed by atoms with Crippen molar-refractivity contribution in [3.63, 3.8) is 0 Å². The van der Waals surface area contributed by atoms with Crippen molar-refractivity contribution < 1.29 is 27.6 Å². The van der Waals surface area contributed by atoms with E-state index in [4.69, 9.17) is 34.6 Å². The summed E-state index contributed by atoms with van der Waals surface area (Å²) in [6.07, 6.45) is 3.21. The van der Waals surface area contributed by atoms with E-state index in [1.807, 2.05) is 30.3 Å². The molecular formula is C34H46ClN2O7PSSi2. The molecule has 1 aliphatic carbocycles. The lowest BCUT2D eigenvalue weighted by Gasteiger charge is -2.34. The first kappa shape index (κ1) is 37.0. The number of fused-ring (bicyclic) bond motifs is 1. The molecule has 4 aromatic rings. The second-order valence-electron chi connectivity index (χ2n) is 14.8. The molecule has 48 heavy (non-hydrogen) atoms. The van der Waals surface area contributed by atoms with Gasteiger partial charge in [-0.3, -0.25) is 18.4 Å². The van der Waals surface area contributed by atoms with E-state index in [-0.39, 0.29) is 24.7 Å². The Morgan fingerprint density at radius 3 is 2.15 bits per heavy atom. The molecule has 1 fully saturated rings. The predicted molar refractivity (Wildman–Crippen MR) is 201 cm³/mol. The highest BCUT2D eigenvalue weighted by atomic mass is 35.5.